The van der Waals surface area contributed by atoms with Crippen LogP contribution in [0.15, 0.2) is 60.8 Å². The van der Waals surface area contributed by atoms with Gasteiger partial charge in [-0.15, -0.1) is 0 Å². The van der Waals surface area contributed by atoms with Gasteiger partial charge in [0.05, 0.1) is 12.0 Å². The molecule has 140 valence electrons. The van der Waals surface area contributed by atoms with Gasteiger partial charge in [-0.2, -0.15) is 13.2 Å². The number of amides is 1. The minimum Gasteiger partial charge on any atom is -0.354 e. The van der Waals surface area contributed by atoms with E-state index in [9.17, 15) is 18.0 Å². The normalized spacial score (nSPS) is 11.4. The Morgan fingerprint density at radius 3 is 2.33 bits per heavy atom. The summed E-state index contributed by atoms with van der Waals surface area (Å²) in [5.41, 5.74) is 1.62. The topological polar surface area (TPSA) is 34.0 Å². The highest BCUT2D eigenvalue weighted by atomic mass is 19.4. The number of alkyl halides is 3. The molecular weight excluding hydrogens is 353 g/mol. The zero-order valence-corrected chi connectivity index (χ0v) is 15.0. The van der Waals surface area contributed by atoms with Crippen molar-refractivity contribution in [3.63, 3.8) is 0 Å². The summed E-state index contributed by atoms with van der Waals surface area (Å²) < 4.78 is 41.4. The van der Waals surface area contributed by atoms with Gasteiger partial charge in [0.15, 0.2) is 0 Å². The Bertz CT molecular complexity index is 959. The maximum absolute atomic E-state index is 13.3. The molecular formula is C21H19F3N2O. The number of nitrogens with one attached hydrogen (secondary N) is 1. The predicted molar refractivity (Wildman–Crippen MR) is 99.4 cm³/mol. The smallest absolute Gasteiger partial charge is 0.354 e. The van der Waals surface area contributed by atoms with Crippen LogP contribution in [-0.2, 0) is 24.4 Å². The van der Waals surface area contributed by atoms with Gasteiger partial charge >= 0.3 is 6.18 Å². The Hall–Kier alpha value is -3.02. The minimum atomic E-state index is -4.50. The zero-order valence-electron chi connectivity index (χ0n) is 15.0. The molecule has 2 aromatic carbocycles. The molecule has 1 heterocycles. The van der Waals surface area contributed by atoms with Crippen molar-refractivity contribution in [2.75, 3.05) is 5.32 Å². The highest BCUT2D eigenvalue weighted by molar-refractivity contribution is 5.96. The SMILES string of the molecule is Cc1c(C(F)(F)F)c(CC(=O)Nc2ccccc2-c2ccccc2)cn1C. The van der Waals surface area contributed by atoms with E-state index in [0.29, 0.717) is 5.69 Å². The molecule has 0 aliphatic rings. The third-order valence-electron chi connectivity index (χ3n) is 4.48. The first kappa shape index (κ1) is 18.8. The molecule has 0 bridgehead atoms. The van der Waals surface area contributed by atoms with Crippen LogP contribution in [0.5, 0.6) is 0 Å². The molecule has 0 unspecified atom stereocenters. The molecule has 3 rings (SSSR count). The van der Waals surface area contributed by atoms with E-state index in [-0.39, 0.29) is 17.7 Å². The summed E-state index contributed by atoms with van der Waals surface area (Å²) in [5.74, 6) is -0.491. The molecule has 6 heteroatoms. The largest absolute Gasteiger partial charge is 0.418 e. The van der Waals surface area contributed by atoms with Gasteiger partial charge in [-0.1, -0.05) is 48.5 Å². The zero-order chi connectivity index (χ0) is 19.6. The summed E-state index contributed by atoms with van der Waals surface area (Å²) in [6, 6.07) is 16.7. The molecule has 1 aromatic heterocycles. The van der Waals surface area contributed by atoms with E-state index >= 15 is 0 Å². The molecule has 0 aliphatic carbocycles. The second-order valence-electron chi connectivity index (χ2n) is 6.36. The van der Waals surface area contributed by atoms with Crippen molar-refractivity contribution in [1.29, 1.82) is 0 Å². The number of nitrogens with zero attached hydrogens (tertiary/aromatic N) is 1. The second-order valence-corrected chi connectivity index (χ2v) is 6.36. The summed E-state index contributed by atoms with van der Waals surface area (Å²) in [6.45, 7) is 1.40. The summed E-state index contributed by atoms with van der Waals surface area (Å²) in [6.07, 6.45) is -3.48. The van der Waals surface area contributed by atoms with Crippen molar-refractivity contribution in [3.05, 3.63) is 77.6 Å². The van der Waals surface area contributed by atoms with Gasteiger partial charge in [0.25, 0.3) is 0 Å². The highest BCUT2D eigenvalue weighted by Gasteiger charge is 2.37. The first-order chi connectivity index (χ1) is 12.8. The van der Waals surface area contributed by atoms with Gasteiger partial charge in [-0.25, -0.2) is 0 Å². The fourth-order valence-corrected chi connectivity index (χ4v) is 3.15. The fourth-order valence-electron chi connectivity index (χ4n) is 3.15. The number of para-hydroxylation sites is 1. The van der Waals surface area contributed by atoms with Crippen LogP contribution < -0.4 is 5.32 Å². The first-order valence-electron chi connectivity index (χ1n) is 8.43. The van der Waals surface area contributed by atoms with Crippen LogP contribution in [0.2, 0.25) is 0 Å². The van der Waals surface area contributed by atoms with Crippen molar-refractivity contribution in [2.24, 2.45) is 7.05 Å². The van der Waals surface area contributed by atoms with Crippen LogP contribution in [0.1, 0.15) is 16.8 Å². The van der Waals surface area contributed by atoms with Crippen molar-refractivity contribution in [2.45, 2.75) is 19.5 Å². The molecule has 3 aromatic rings. The van der Waals surface area contributed by atoms with E-state index in [0.717, 1.165) is 11.1 Å². The summed E-state index contributed by atoms with van der Waals surface area (Å²) in [7, 11) is 1.54. The van der Waals surface area contributed by atoms with Crippen LogP contribution >= 0.6 is 0 Å². The molecule has 1 amide bonds. The number of benzene rings is 2. The Kier molecular flexibility index (Phi) is 5.08. The highest BCUT2D eigenvalue weighted by Crippen LogP contribution is 2.36. The number of halogens is 3. The molecule has 0 fully saturated rings. The maximum atomic E-state index is 13.3. The van der Waals surface area contributed by atoms with E-state index in [1.807, 2.05) is 42.5 Å². The third kappa shape index (κ3) is 4.05. The standard InChI is InChI=1S/C21H19F3N2O/c1-14-20(21(22,23)24)16(13-26(14)2)12-19(27)25-18-11-7-6-10-17(18)15-8-4-3-5-9-15/h3-11,13H,12H2,1-2H3,(H,25,27). The number of carbonyl (C=O) groups is 1. The lowest BCUT2D eigenvalue weighted by molar-refractivity contribution is -0.138. The predicted octanol–water partition coefficient (Wildman–Crippen LogP) is 5.20. The van der Waals surface area contributed by atoms with E-state index < -0.39 is 17.6 Å². The Balaban J connectivity index is 1.86. The van der Waals surface area contributed by atoms with Gasteiger partial charge < -0.3 is 9.88 Å². The second kappa shape index (κ2) is 7.31. The van der Waals surface area contributed by atoms with Crippen molar-refractivity contribution in [1.82, 2.24) is 4.57 Å². The number of hydrogen-bond acceptors (Lipinski definition) is 1. The molecule has 27 heavy (non-hydrogen) atoms. The monoisotopic (exact) mass is 372 g/mol. The third-order valence-corrected chi connectivity index (χ3v) is 4.48. The first-order valence-corrected chi connectivity index (χ1v) is 8.43. The van der Waals surface area contributed by atoms with E-state index in [1.54, 1.807) is 12.1 Å². The lowest BCUT2D eigenvalue weighted by atomic mass is 10.0. The maximum Gasteiger partial charge on any atom is 0.418 e. The van der Waals surface area contributed by atoms with E-state index in [1.165, 1.54) is 24.7 Å². The Labute approximate surface area is 155 Å². The van der Waals surface area contributed by atoms with Gasteiger partial charge in [0.2, 0.25) is 5.91 Å². The van der Waals surface area contributed by atoms with Crippen LogP contribution in [0.3, 0.4) is 0 Å². The summed E-state index contributed by atoms with van der Waals surface area (Å²) in [4.78, 5) is 12.5. The van der Waals surface area contributed by atoms with Gasteiger partial charge in [-0.05, 0) is 24.1 Å². The average molecular weight is 372 g/mol. The molecule has 0 radical (unpaired) electrons. The Morgan fingerprint density at radius 2 is 1.67 bits per heavy atom. The van der Waals surface area contributed by atoms with Crippen molar-refractivity contribution in [3.8, 4) is 11.1 Å². The molecule has 1 N–H and O–H groups in total. The molecule has 3 nitrogen and oxygen atoms in total. The van der Waals surface area contributed by atoms with Crippen LogP contribution in [0, 0.1) is 6.92 Å². The van der Waals surface area contributed by atoms with E-state index in [2.05, 4.69) is 5.32 Å². The molecule has 0 saturated carbocycles. The number of anilines is 1. The number of hydrogen-bond donors (Lipinski definition) is 1. The average Bonchev–Trinajstić information content (AvgIpc) is 2.89. The van der Waals surface area contributed by atoms with E-state index in [4.69, 9.17) is 0 Å². The van der Waals surface area contributed by atoms with Crippen LogP contribution in [0.25, 0.3) is 11.1 Å². The fraction of sp³-hybridized carbons (Fsp3) is 0.190. The lowest BCUT2D eigenvalue weighted by Crippen LogP contribution is -2.17. The number of carbonyl (C=O) groups excluding carboxylic acids is 1. The van der Waals surface area contributed by atoms with Crippen molar-refractivity contribution >= 4 is 11.6 Å². The molecule has 0 aliphatic heterocycles. The van der Waals surface area contributed by atoms with Crippen LogP contribution in [0.4, 0.5) is 18.9 Å². The lowest BCUT2D eigenvalue weighted by Gasteiger charge is -2.12. The number of aromatic nitrogens is 1. The molecule has 0 atom stereocenters. The molecule has 0 spiro atoms. The Morgan fingerprint density at radius 1 is 1.04 bits per heavy atom. The summed E-state index contributed by atoms with van der Waals surface area (Å²) >= 11 is 0. The molecule has 0 saturated heterocycles. The van der Waals surface area contributed by atoms with Crippen molar-refractivity contribution < 1.29 is 18.0 Å². The van der Waals surface area contributed by atoms with Gasteiger partial charge in [0, 0.05) is 30.2 Å². The van der Waals surface area contributed by atoms with Gasteiger partial charge in [0.1, 0.15) is 0 Å². The van der Waals surface area contributed by atoms with Crippen LogP contribution in [-0.4, -0.2) is 10.5 Å². The number of rotatable bonds is 4. The quantitative estimate of drug-likeness (QED) is 0.671. The number of aryl methyl sites for hydroxylation is 1. The van der Waals surface area contributed by atoms with Gasteiger partial charge in [-0.3, -0.25) is 4.79 Å². The minimum absolute atomic E-state index is 0.0304. The summed E-state index contributed by atoms with van der Waals surface area (Å²) in [5, 5.41) is 2.75.